The zero-order valence-electron chi connectivity index (χ0n) is 18.3. The maximum atomic E-state index is 13.5. The molecule has 33 heavy (non-hydrogen) atoms. The van der Waals surface area contributed by atoms with Gasteiger partial charge in [-0.3, -0.25) is 4.99 Å². The summed E-state index contributed by atoms with van der Waals surface area (Å²) in [5.74, 6) is -4.36. The van der Waals surface area contributed by atoms with Crippen molar-refractivity contribution >= 4 is 23.5 Å². The van der Waals surface area contributed by atoms with E-state index in [1.54, 1.807) is 6.92 Å². The number of aliphatic hydroxyl groups excluding tert-OH is 5. The molecule has 1 aromatic rings. The van der Waals surface area contributed by atoms with Gasteiger partial charge in [-0.2, -0.15) is 0 Å². The molecule has 0 saturated carbocycles. The van der Waals surface area contributed by atoms with E-state index in [-0.39, 0.29) is 29.4 Å². The van der Waals surface area contributed by atoms with Crippen molar-refractivity contribution in [3.8, 4) is 0 Å². The van der Waals surface area contributed by atoms with E-state index in [0.29, 0.717) is 0 Å². The van der Waals surface area contributed by atoms with Crippen molar-refractivity contribution in [1.29, 1.82) is 0 Å². The lowest BCUT2D eigenvalue weighted by atomic mass is 10.1. The van der Waals surface area contributed by atoms with Crippen molar-refractivity contribution in [2.75, 3.05) is 19.8 Å². The topological polar surface area (TPSA) is 149 Å². The van der Waals surface area contributed by atoms with Crippen LogP contribution in [0.15, 0.2) is 23.3 Å². The summed E-state index contributed by atoms with van der Waals surface area (Å²) >= 11 is 1.19. The number of nitrogens with zero attached hydrogens (tertiary/aromatic N) is 1. The molecule has 0 aliphatic carbocycles. The van der Waals surface area contributed by atoms with Crippen LogP contribution in [0.25, 0.3) is 5.57 Å². The molecule has 0 radical (unpaired) electrons. The molecule has 1 rings (SSSR count). The van der Waals surface area contributed by atoms with E-state index in [1.807, 2.05) is 0 Å². The summed E-state index contributed by atoms with van der Waals surface area (Å²) in [6.07, 6.45) is -2.04. The lowest BCUT2D eigenvalue weighted by Crippen LogP contribution is -2.36. The van der Waals surface area contributed by atoms with Gasteiger partial charge in [0.15, 0.2) is 17.5 Å². The zero-order chi connectivity index (χ0) is 25.1. The Bertz CT molecular complexity index is 776. The molecular weight excluding hydrogens is 465 g/mol. The molecule has 6 unspecified atom stereocenters. The highest BCUT2D eigenvalue weighted by Crippen LogP contribution is 2.26. The lowest BCUT2D eigenvalue weighted by molar-refractivity contribution is -0.0637. The third kappa shape index (κ3) is 9.61. The highest BCUT2D eigenvalue weighted by molar-refractivity contribution is 8.00. The lowest BCUT2D eigenvalue weighted by Gasteiger charge is -2.27. The van der Waals surface area contributed by atoms with Gasteiger partial charge in [0.05, 0.1) is 32.0 Å². The Labute approximate surface area is 194 Å². The molecule has 12 heteroatoms. The molecule has 0 fully saturated rings. The first-order valence-electron chi connectivity index (χ1n) is 10.2. The fraction of sp³-hybridized carbons (Fsp3) is 0.571. The van der Waals surface area contributed by atoms with Crippen molar-refractivity contribution < 1.29 is 43.4 Å². The first kappa shape index (κ1) is 29.4. The maximum Gasteiger partial charge on any atom is 0.194 e. The molecule has 0 aliphatic rings. The van der Waals surface area contributed by atoms with E-state index < -0.39 is 60.5 Å². The normalized spacial score (nSPS) is 18.2. The van der Waals surface area contributed by atoms with Crippen LogP contribution >= 0.6 is 11.8 Å². The molecule has 0 aromatic heterocycles. The predicted molar refractivity (Wildman–Crippen MR) is 120 cm³/mol. The minimum Gasteiger partial charge on any atom is -0.404 e. The SMILES string of the molecule is CC(CC(O)C(O)CO)SC(CN=C/C(=C\N)c1cc(F)c(F)c(F)c1)OC(CO)C(C)O. The predicted octanol–water partition coefficient (Wildman–Crippen LogP) is 0.785. The fourth-order valence-electron chi connectivity index (χ4n) is 2.73. The first-order valence-corrected chi connectivity index (χ1v) is 11.1. The summed E-state index contributed by atoms with van der Waals surface area (Å²) in [6, 6.07) is 1.55. The summed E-state index contributed by atoms with van der Waals surface area (Å²) in [7, 11) is 0. The van der Waals surface area contributed by atoms with Gasteiger partial charge in [0.2, 0.25) is 0 Å². The summed E-state index contributed by atoms with van der Waals surface area (Å²) in [6.45, 7) is 2.06. The Morgan fingerprint density at radius 3 is 2.18 bits per heavy atom. The van der Waals surface area contributed by atoms with Crippen LogP contribution in [0.4, 0.5) is 13.2 Å². The summed E-state index contributed by atoms with van der Waals surface area (Å²) in [5, 5.41) is 47.3. The van der Waals surface area contributed by atoms with Crippen molar-refractivity contribution in [3.05, 3.63) is 41.3 Å². The second-order valence-corrected chi connectivity index (χ2v) is 9.00. The van der Waals surface area contributed by atoms with Crippen LogP contribution in [0, 0.1) is 17.5 Å². The third-order valence-corrected chi connectivity index (χ3v) is 5.84. The van der Waals surface area contributed by atoms with Gasteiger partial charge in [0.25, 0.3) is 0 Å². The third-order valence-electron chi connectivity index (χ3n) is 4.61. The average molecular weight is 497 g/mol. The van der Waals surface area contributed by atoms with Crippen LogP contribution in [-0.2, 0) is 4.74 Å². The van der Waals surface area contributed by atoms with Crippen molar-refractivity contribution in [1.82, 2.24) is 0 Å². The second kappa shape index (κ2) is 14.6. The number of ether oxygens (including phenoxy) is 1. The molecule has 1 aromatic carbocycles. The number of benzene rings is 1. The first-order chi connectivity index (χ1) is 15.5. The van der Waals surface area contributed by atoms with E-state index in [1.165, 1.54) is 24.9 Å². The van der Waals surface area contributed by atoms with Crippen molar-refractivity contribution in [2.45, 2.75) is 55.4 Å². The highest BCUT2D eigenvalue weighted by atomic mass is 32.2. The van der Waals surface area contributed by atoms with E-state index >= 15 is 0 Å². The van der Waals surface area contributed by atoms with Crippen LogP contribution in [0.5, 0.6) is 0 Å². The number of rotatable bonds is 14. The smallest absolute Gasteiger partial charge is 0.194 e. The van der Waals surface area contributed by atoms with Crippen LogP contribution < -0.4 is 5.73 Å². The number of aliphatic hydroxyl groups is 5. The average Bonchev–Trinajstić information content (AvgIpc) is 2.76. The van der Waals surface area contributed by atoms with E-state index in [0.717, 1.165) is 18.3 Å². The minimum absolute atomic E-state index is 0.0329. The monoisotopic (exact) mass is 496 g/mol. The van der Waals surface area contributed by atoms with E-state index in [2.05, 4.69) is 4.99 Å². The molecular formula is C21H31F3N2O6S. The number of hydrogen-bond acceptors (Lipinski definition) is 9. The molecule has 0 amide bonds. The summed E-state index contributed by atoms with van der Waals surface area (Å²) < 4.78 is 46.0. The van der Waals surface area contributed by atoms with Gasteiger partial charge in [-0.05, 0) is 31.0 Å². The number of hydrogen-bond donors (Lipinski definition) is 6. The molecule has 0 heterocycles. The highest BCUT2D eigenvalue weighted by Gasteiger charge is 2.25. The number of thioether (sulfide) groups is 1. The zero-order valence-corrected chi connectivity index (χ0v) is 19.1. The van der Waals surface area contributed by atoms with Gasteiger partial charge >= 0.3 is 0 Å². The fourth-order valence-corrected chi connectivity index (χ4v) is 3.93. The standard InChI is InChI=1S/C21H31F3N2O6S/c1-11(3-17(30)18(31)9-27)33-20(32-19(10-28)12(2)29)8-26-7-14(6-25)13-4-15(22)21(24)16(23)5-13/h4-7,11-12,17-20,27-31H,3,8-10,25H2,1-2H3/b14-6+,26-7?. The van der Waals surface area contributed by atoms with Gasteiger partial charge in [-0.1, -0.05) is 6.92 Å². The molecule has 6 atom stereocenters. The molecule has 188 valence electrons. The van der Waals surface area contributed by atoms with Crippen LogP contribution in [0.2, 0.25) is 0 Å². The largest absolute Gasteiger partial charge is 0.404 e. The van der Waals surface area contributed by atoms with Gasteiger partial charge in [0.1, 0.15) is 17.6 Å². The molecule has 8 nitrogen and oxygen atoms in total. The van der Waals surface area contributed by atoms with Crippen molar-refractivity contribution in [2.24, 2.45) is 10.7 Å². The molecule has 0 saturated heterocycles. The number of halogens is 3. The molecule has 0 bridgehead atoms. The Kier molecular flexibility index (Phi) is 13.0. The Balaban J connectivity index is 2.96. The van der Waals surface area contributed by atoms with Crippen LogP contribution in [0.3, 0.4) is 0 Å². The van der Waals surface area contributed by atoms with Gasteiger partial charge in [0, 0.05) is 23.2 Å². The Morgan fingerprint density at radius 1 is 1.09 bits per heavy atom. The molecule has 7 N–H and O–H groups in total. The Hall–Kier alpha value is -1.67. The van der Waals surface area contributed by atoms with E-state index in [9.17, 15) is 33.6 Å². The number of allylic oxidation sites excluding steroid dienone is 1. The van der Waals surface area contributed by atoms with Crippen LogP contribution in [-0.4, -0.2) is 86.6 Å². The second-order valence-electron chi connectivity index (χ2n) is 7.40. The number of nitrogens with two attached hydrogens (primary N) is 1. The number of aliphatic imine (C=N–C) groups is 1. The minimum atomic E-state index is -1.60. The van der Waals surface area contributed by atoms with Crippen LogP contribution in [0.1, 0.15) is 25.8 Å². The summed E-state index contributed by atoms with van der Waals surface area (Å²) in [4.78, 5) is 4.16. The maximum absolute atomic E-state index is 13.5. The Morgan fingerprint density at radius 2 is 1.70 bits per heavy atom. The molecule has 0 spiro atoms. The summed E-state index contributed by atoms with van der Waals surface area (Å²) in [5.41, 5.74) is 4.86. The van der Waals surface area contributed by atoms with Gasteiger partial charge in [-0.25, -0.2) is 13.2 Å². The quantitative estimate of drug-likeness (QED) is 0.126. The van der Waals surface area contributed by atoms with E-state index in [4.69, 9.17) is 15.6 Å². The van der Waals surface area contributed by atoms with Gasteiger partial charge in [-0.15, -0.1) is 11.8 Å². The van der Waals surface area contributed by atoms with Crippen molar-refractivity contribution in [3.63, 3.8) is 0 Å². The molecule has 0 aliphatic heterocycles. The van der Waals surface area contributed by atoms with Gasteiger partial charge < -0.3 is 36.0 Å².